The molecule has 0 radical (unpaired) electrons. The van der Waals surface area contributed by atoms with Crippen LogP contribution in [0.5, 0.6) is 0 Å². The Labute approximate surface area is 507 Å². The SMILES string of the molecule is c1ccc(-c2nc(-c3cccc([Si](c4ccccc4)(c4ccccc4)c4ccccc4)c3)nc(-c3ccccc3-c3nc(-c4cccc([Si](c5ccccc5)(c5ccccc5)c5ccccc5)c4)nc(-n4c5ccccc5c5ccccc54)n3)n2)cc1. The number of hydrogen-bond donors (Lipinski definition) is 0. The summed E-state index contributed by atoms with van der Waals surface area (Å²) in [7, 11) is -5.89. The third kappa shape index (κ3) is 9.39. The van der Waals surface area contributed by atoms with Crippen LogP contribution in [0.2, 0.25) is 0 Å². The summed E-state index contributed by atoms with van der Waals surface area (Å²) < 4.78 is 2.17. The van der Waals surface area contributed by atoms with Crippen molar-refractivity contribution in [3.05, 3.63) is 334 Å². The lowest BCUT2D eigenvalue weighted by Gasteiger charge is -2.34. The molecule has 0 saturated heterocycles. The molecule has 0 aliphatic carbocycles. The lowest BCUT2D eigenvalue weighted by atomic mass is 10.1. The second kappa shape index (κ2) is 22.8. The Morgan fingerprint density at radius 2 is 0.471 bits per heavy atom. The number of hydrogen-bond acceptors (Lipinski definition) is 6. The van der Waals surface area contributed by atoms with E-state index < -0.39 is 16.1 Å². The van der Waals surface area contributed by atoms with Gasteiger partial charge in [0.05, 0.1) is 11.0 Å². The average Bonchev–Trinajstić information content (AvgIpc) is 1.21. The Balaban J connectivity index is 0.953. The quantitative estimate of drug-likeness (QED) is 0.0797. The van der Waals surface area contributed by atoms with Gasteiger partial charge in [-0.15, -0.1) is 0 Å². The maximum absolute atomic E-state index is 5.57. The zero-order chi connectivity index (χ0) is 58.0. The molecule has 3 heterocycles. The number of nitrogens with zero attached hydrogens (tertiary/aromatic N) is 7. The van der Waals surface area contributed by atoms with E-state index in [1.54, 1.807) is 0 Å². The Morgan fingerprint density at radius 3 is 0.862 bits per heavy atom. The zero-order valence-electron chi connectivity index (χ0n) is 47.4. The van der Waals surface area contributed by atoms with Crippen LogP contribution in [0.15, 0.2) is 334 Å². The predicted octanol–water partition coefficient (Wildman–Crippen LogP) is 12.2. The van der Waals surface area contributed by atoms with Crippen molar-refractivity contribution in [1.29, 1.82) is 0 Å². The van der Waals surface area contributed by atoms with Crippen LogP contribution in [0, 0.1) is 0 Å². The molecule has 0 aliphatic heterocycles. The van der Waals surface area contributed by atoms with E-state index in [2.05, 4.69) is 308 Å². The molecule has 9 heteroatoms. The second-order valence-electron chi connectivity index (χ2n) is 21.7. The Bertz CT molecular complexity index is 4670. The van der Waals surface area contributed by atoms with Gasteiger partial charge in [0.25, 0.3) is 0 Å². The molecule has 0 fully saturated rings. The smallest absolute Gasteiger partial charge is 0.238 e. The lowest BCUT2D eigenvalue weighted by molar-refractivity contribution is 0.953. The highest BCUT2D eigenvalue weighted by molar-refractivity contribution is 7.20. The number of rotatable bonds is 14. The van der Waals surface area contributed by atoms with Crippen LogP contribution in [0.25, 0.3) is 84.7 Å². The molecule has 0 saturated carbocycles. The second-order valence-corrected chi connectivity index (χ2v) is 29.3. The zero-order valence-corrected chi connectivity index (χ0v) is 49.4. The van der Waals surface area contributed by atoms with E-state index in [0.29, 0.717) is 35.1 Å². The molecule has 87 heavy (non-hydrogen) atoms. The van der Waals surface area contributed by atoms with E-state index in [1.165, 1.54) is 41.5 Å². The van der Waals surface area contributed by atoms with E-state index in [4.69, 9.17) is 29.9 Å². The summed E-state index contributed by atoms with van der Waals surface area (Å²) in [5, 5.41) is 12.3. The molecule has 0 bridgehead atoms. The van der Waals surface area contributed by atoms with Gasteiger partial charge in [0.1, 0.15) is 0 Å². The monoisotopic (exact) mass is 1150 g/mol. The van der Waals surface area contributed by atoms with Gasteiger partial charge >= 0.3 is 0 Å². The molecule has 15 rings (SSSR count). The van der Waals surface area contributed by atoms with E-state index in [1.807, 2.05) is 30.3 Å². The standard InChI is InChI=1S/C78H55N7Si2/c1-8-30-56(31-9-1)73-79-74(57-32-28-46-65(54-57)86(59-34-10-2-11-35-59,60-36-12-3-13-37-60)61-38-14-4-15-39-61)81-76(80-73)69-50-22-23-51-70(69)77-82-75(83-78(84-77)85-71-52-26-24-48-67(71)68-49-25-27-53-72(68)85)58-33-29-47-66(55-58)87(62-40-16-5-17-41-62,63-42-18-6-19-43-63)64-44-20-7-21-45-64/h1-55H. The number of benzene rings is 12. The van der Waals surface area contributed by atoms with Crippen LogP contribution in [0.3, 0.4) is 0 Å². The highest BCUT2D eigenvalue weighted by Gasteiger charge is 2.43. The minimum atomic E-state index is -2.96. The van der Waals surface area contributed by atoms with Crippen molar-refractivity contribution in [2.75, 3.05) is 0 Å². The molecular formula is C78H55N7Si2. The molecule has 15 aromatic rings. The van der Waals surface area contributed by atoms with Crippen molar-refractivity contribution < 1.29 is 0 Å². The van der Waals surface area contributed by atoms with Gasteiger partial charge in [-0.2, -0.15) is 9.97 Å². The fourth-order valence-corrected chi connectivity index (χ4v) is 22.6. The highest BCUT2D eigenvalue weighted by atomic mass is 28.3. The van der Waals surface area contributed by atoms with E-state index in [9.17, 15) is 0 Å². The number of fused-ring (bicyclic) bond motifs is 3. The van der Waals surface area contributed by atoms with Gasteiger partial charge in [-0.1, -0.05) is 322 Å². The molecule has 0 amide bonds. The van der Waals surface area contributed by atoms with E-state index >= 15 is 0 Å². The largest absolute Gasteiger partial charge is 0.278 e. The normalized spacial score (nSPS) is 11.7. The van der Waals surface area contributed by atoms with Crippen LogP contribution in [0.4, 0.5) is 0 Å². The first-order valence-corrected chi connectivity index (χ1v) is 33.4. The molecule has 0 atom stereocenters. The van der Waals surface area contributed by atoms with Crippen molar-refractivity contribution in [2.24, 2.45) is 0 Å². The topological polar surface area (TPSA) is 82.3 Å². The molecule has 12 aromatic carbocycles. The summed E-state index contributed by atoms with van der Waals surface area (Å²) in [5.41, 5.74) is 6.09. The van der Waals surface area contributed by atoms with Gasteiger partial charge < -0.3 is 0 Å². The van der Waals surface area contributed by atoms with Gasteiger partial charge in [-0.25, -0.2) is 19.9 Å². The summed E-state index contributed by atoms with van der Waals surface area (Å²) in [5.74, 6) is 3.09. The average molecular weight is 1150 g/mol. The maximum Gasteiger partial charge on any atom is 0.238 e. The summed E-state index contributed by atoms with van der Waals surface area (Å²) in [6.07, 6.45) is 0. The van der Waals surface area contributed by atoms with Crippen molar-refractivity contribution in [3.8, 4) is 62.9 Å². The van der Waals surface area contributed by atoms with Gasteiger partial charge in [-0.05, 0) is 53.6 Å². The number of para-hydroxylation sites is 2. The van der Waals surface area contributed by atoms with Crippen LogP contribution < -0.4 is 41.5 Å². The van der Waals surface area contributed by atoms with Crippen LogP contribution >= 0.6 is 0 Å². The minimum Gasteiger partial charge on any atom is -0.278 e. The predicted molar refractivity (Wildman–Crippen MR) is 362 cm³/mol. The third-order valence-corrected chi connectivity index (χ3v) is 26.4. The molecule has 3 aromatic heterocycles. The Morgan fingerprint density at radius 1 is 0.207 bits per heavy atom. The Kier molecular flexibility index (Phi) is 13.8. The summed E-state index contributed by atoms with van der Waals surface area (Å²) in [6, 6.07) is 119. The maximum atomic E-state index is 5.57. The van der Waals surface area contributed by atoms with Crippen molar-refractivity contribution in [2.45, 2.75) is 0 Å². The fourth-order valence-electron chi connectivity index (χ4n) is 13.0. The Hall–Kier alpha value is -11.1. The molecular weight excluding hydrogens is 1090 g/mol. The van der Waals surface area contributed by atoms with E-state index in [-0.39, 0.29) is 0 Å². The lowest BCUT2D eigenvalue weighted by Crippen LogP contribution is -2.74. The fraction of sp³-hybridized carbons (Fsp3) is 0. The van der Waals surface area contributed by atoms with Gasteiger partial charge in [0.15, 0.2) is 45.3 Å². The molecule has 0 N–H and O–H groups in total. The molecule has 0 spiro atoms. The summed E-state index contributed by atoms with van der Waals surface area (Å²) in [6.45, 7) is 0. The summed E-state index contributed by atoms with van der Waals surface area (Å²) >= 11 is 0. The van der Waals surface area contributed by atoms with Crippen LogP contribution in [0.1, 0.15) is 0 Å². The minimum absolute atomic E-state index is 0.477. The summed E-state index contributed by atoms with van der Waals surface area (Å²) in [4.78, 5) is 32.9. The van der Waals surface area contributed by atoms with Crippen molar-refractivity contribution in [1.82, 2.24) is 34.5 Å². The highest BCUT2D eigenvalue weighted by Crippen LogP contribution is 2.35. The van der Waals surface area contributed by atoms with Crippen molar-refractivity contribution >= 4 is 79.4 Å². The van der Waals surface area contributed by atoms with Gasteiger partial charge in [-0.3, -0.25) is 4.57 Å². The number of aromatic nitrogens is 7. The molecule has 410 valence electrons. The van der Waals surface area contributed by atoms with Crippen LogP contribution in [-0.4, -0.2) is 50.6 Å². The van der Waals surface area contributed by atoms with E-state index in [0.717, 1.165) is 49.6 Å². The first-order chi connectivity index (χ1) is 43.1. The van der Waals surface area contributed by atoms with Crippen LogP contribution in [-0.2, 0) is 0 Å². The third-order valence-electron chi connectivity index (χ3n) is 16.8. The molecule has 0 aliphatic rings. The van der Waals surface area contributed by atoms with Gasteiger partial charge in [0, 0.05) is 38.6 Å². The molecule has 0 unspecified atom stereocenters. The first kappa shape index (κ1) is 52.7. The molecule has 7 nitrogen and oxygen atoms in total. The first-order valence-electron chi connectivity index (χ1n) is 29.4. The van der Waals surface area contributed by atoms with Gasteiger partial charge in [0.2, 0.25) is 5.95 Å². The van der Waals surface area contributed by atoms with Crippen molar-refractivity contribution in [3.63, 3.8) is 0 Å².